The van der Waals surface area contributed by atoms with E-state index in [0.717, 1.165) is 25.7 Å². The van der Waals surface area contributed by atoms with Crippen molar-refractivity contribution in [3.05, 3.63) is 0 Å². The molecular weight excluding hydrogens is 212 g/mol. The summed E-state index contributed by atoms with van der Waals surface area (Å²) in [5.41, 5.74) is 0. The van der Waals surface area contributed by atoms with E-state index in [9.17, 15) is 15.0 Å². The molecule has 2 N–H and O–H groups in total. The highest BCUT2D eigenvalue weighted by Crippen LogP contribution is 2.06. The fourth-order valence-electron chi connectivity index (χ4n) is 1.13. The Hall–Kier alpha value is -0.810. The molecule has 0 radical (unpaired) electrons. The zero-order valence-corrected chi connectivity index (χ0v) is 10.0. The quantitative estimate of drug-likeness (QED) is 0.497. The van der Waals surface area contributed by atoms with Crippen LogP contribution < -0.4 is 0 Å². The van der Waals surface area contributed by atoms with Crippen molar-refractivity contribution in [2.75, 3.05) is 0 Å². The summed E-state index contributed by atoms with van der Waals surface area (Å²) in [7, 11) is 0. The van der Waals surface area contributed by atoms with Crippen LogP contribution in [0.4, 0.5) is 4.79 Å². The Balaban J connectivity index is 3.63. The molecule has 5 nitrogen and oxygen atoms in total. The minimum atomic E-state index is -1.15. The Morgan fingerprint density at radius 2 is 1.38 bits per heavy atom. The van der Waals surface area contributed by atoms with Crippen molar-refractivity contribution in [1.82, 2.24) is 0 Å². The molecule has 0 aliphatic rings. The average molecular weight is 234 g/mol. The Labute approximate surface area is 96.4 Å². The first-order valence-electron chi connectivity index (χ1n) is 5.83. The Bertz CT molecular complexity index is 165. The zero-order valence-electron chi connectivity index (χ0n) is 10.0. The summed E-state index contributed by atoms with van der Waals surface area (Å²) in [5, 5.41) is 18.5. The minimum absolute atomic E-state index is 0.386. The van der Waals surface area contributed by atoms with Gasteiger partial charge in [0.2, 0.25) is 12.6 Å². The van der Waals surface area contributed by atoms with Gasteiger partial charge in [-0.2, -0.15) is 0 Å². The van der Waals surface area contributed by atoms with E-state index in [0.29, 0.717) is 12.8 Å². The maximum atomic E-state index is 11.0. The summed E-state index contributed by atoms with van der Waals surface area (Å²) >= 11 is 0. The molecule has 0 aliphatic carbocycles. The van der Waals surface area contributed by atoms with Crippen LogP contribution in [0.25, 0.3) is 0 Å². The first kappa shape index (κ1) is 15.2. The lowest BCUT2D eigenvalue weighted by Gasteiger charge is -2.14. The average Bonchev–Trinajstić information content (AvgIpc) is 2.23. The van der Waals surface area contributed by atoms with Gasteiger partial charge in [0, 0.05) is 12.8 Å². The van der Waals surface area contributed by atoms with Gasteiger partial charge in [-0.05, 0) is 12.8 Å². The van der Waals surface area contributed by atoms with Gasteiger partial charge in [0.15, 0.2) is 0 Å². The van der Waals surface area contributed by atoms with E-state index in [-0.39, 0.29) is 0 Å². The fraction of sp³-hybridized carbons (Fsp3) is 0.909. The third kappa shape index (κ3) is 8.49. The second-order valence-electron chi connectivity index (χ2n) is 3.68. The van der Waals surface area contributed by atoms with E-state index < -0.39 is 18.7 Å². The topological polar surface area (TPSA) is 76.0 Å². The van der Waals surface area contributed by atoms with Crippen LogP contribution in [0.15, 0.2) is 0 Å². The number of rotatable bonds is 8. The molecule has 0 heterocycles. The Morgan fingerprint density at radius 1 is 1.00 bits per heavy atom. The van der Waals surface area contributed by atoms with E-state index in [1.807, 2.05) is 13.8 Å². The molecule has 0 bridgehead atoms. The molecule has 0 rings (SSSR count). The van der Waals surface area contributed by atoms with Crippen LogP contribution in [0, 0.1) is 0 Å². The largest absolute Gasteiger partial charge is 0.512 e. The van der Waals surface area contributed by atoms with E-state index >= 15 is 0 Å². The van der Waals surface area contributed by atoms with Crippen LogP contribution in [-0.4, -0.2) is 28.9 Å². The number of hydrogen-bond acceptors (Lipinski definition) is 5. The van der Waals surface area contributed by atoms with Crippen molar-refractivity contribution in [1.29, 1.82) is 0 Å². The molecule has 0 amide bonds. The highest BCUT2D eigenvalue weighted by Gasteiger charge is 2.15. The summed E-state index contributed by atoms with van der Waals surface area (Å²) in [5.74, 6) is 0. The normalized spacial score (nSPS) is 14.2. The van der Waals surface area contributed by atoms with Crippen molar-refractivity contribution < 1.29 is 24.5 Å². The summed E-state index contributed by atoms with van der Waals surface area (Å²) in [6.45, 7) is 3.94. The van der Waals surface area contributed by atoms with Crippen LogP contribution >= 0.6 is 0 Å². The molecule has 0 saturated heterocycles. The first-order valence-corrected chi connectivity index (χ1v) is 5.83. The predicted molar refractivity (Wildman–Crippen MR) is 58.6 cm³/mol. The van der Waals surface area contributed by atoms with Gasteiger partial charge in [-0.3, -0.25) is 0 Å². The number of carbonyl (C=O) groups is 1. The van der Waals surface area contributed by atoms with Crippen molar-refractivity contribution in [3.63, 3.8) is 0 Å². The summed E-state index contributed by atoms with van der Waals surface area (Å²) in [6, 6.07) is 0. The maximum absolute atomic E-state index is 11.0. The monoisotopic (exact) mass is 234 g/mol. The molecule has 0 aromatic rings. The highest BCUT2D eigenvalue weighted by atomic mass is 16.8. The van der Waals surface area contributed by atoms with Crippen molar-refractivity contribution in [3.8, 4) is 0 Å². The van der Waals surface area contributed by atoms with Gasteiger partial charge in [0.05, 0.1) is 0 Å². The molecule has 5 heteroatoms. The van der Waals surface area contributed by atoms with Crippen LogP contribution in [0.3, 0.4) is 0 Å². The number of hydrogen-bond donors (Lipinski definition) is 2. The lowest BCUT2D eigenvalue weighted by Crippen LogP contribution is -2.23. The van der Waals surface area contributed by atoms with Gasteiger partial charge >= 0.3 is 6.16 Å². The summed E-state index contributed by atoms with van der Waals surface area (Å²) in [4.78, 5) is 11.0. The predicted octanol–water partition coefficient (Wildman–Crippen LogP) is 2.16. The van der Waals surface area contributed by atoms with Crippen LogP contribution in [0.2, 0.25) is 0 Å². The van der Waals surface area contributed by atoms with Gasteiger partial charge in [-0.1, -0.05) is 26.7 Å². The molecule has 16 heavy (non-hydrogen) atoms. The molecule has 0 aromatic heterocycles. The molecule has 2 atom stereocenters. The molecule has 0 aromatic carbocycles. The minimum Gasteiger partial charge on any atom is -0.405 e. The summed E-state index contributed by atoms with van der Waals surface area (Å²) in [6.07, 6.45) is 0.819. The second kappa shape index (κ2) is 9.42. The molecule has 0 aliphatic heterocycles. The van der Waals surface area contributed by atoms with Crippen LogP contribution in [0.1, 0.15) is 52.4 Å². The third-order valence-corrected chi connectivity index (χ3v) is 2.07. The lowest BCUT2D eigenvalue weighted by molar-refractivity contribution is -0.129. The smallest absolute Gasteiger partial charge is 0.405 e. The Kier molecular flexibility index (Phi) is 8.94. The van der Waals surface area contributed by atoms with Gasteiger partial charge in [-0.15, -0.1) is 0 Å². The zero-order chi connectivity index (χ0) is 12.4. The van der Waals surface area contributed by atoms with Crippen molar-refractivity contribution in [2.24, 2.45) is 0 Å². The highest BCUT2D eigenvalue weighted by molar-refractivity contribution is 5.60. The molecule has 0 saturated carbocycles. The maximum Gasteiger partial charge on any atom is 0.512 e. The number of unbranched alkanes of at least 4 members (excludes halogenated alkanes) is 2. The number of carbonyl (C=O) groups excluding carboxylic acids is 1. The SMILES string of the molecule is CCCCC(O)OC(=O)OC(O)CCCC. The summed E-state index contributed by atoms with van der Waals surface area (Å²) < 4.78 is 9.07. The van der Waals surface area contributed by atoms with Crippen molar-refractivity contribution in [2.45, 2.75) is 65.0 Å². The second-order valence-corrected chi connectivity index (χ2v) is 3.68. The van der Waals surface area contributed by atoms with E-state index in [1.165, 1.54) is 0 Å². The number of aliphatic hydroxyl groups is 2. The third-order valence-electron chi connectivity index (χ3n) is 2.07. The standard InChI is InChI=1S/C11H22O5/c1-3-5-7-9(12)15-11(14)16-10(13)8-6-4-2/h9-10,12-13H,3-8H2,1-2H3. The molecule has 96 valence electrons. The van der Waals surface area contributed by atoms with E-state index in [2.05, 4.69) is 9.47 Å². The number of aliphatic hydroxyl groups excluding tert-OH is 2. The molecular formula is C11H22O5. The van der Waals surface area contributed by atoms with Crippen LogP contribution in [0.5, 0.6) is 0 Å². The van der Waals surface area contributed by atoms with Crippen molar-refractivity contribution >= 4 is 6.16 Å². The van der Waals surface area contributed by atoms with Gasteiger partial charge in [-0.25, -0.2) is 4.79 Å². The molecule has 2 unspecified atom stereocenters. The van der Waals surface area contributed by atoms with Crippen LogP contribution in [-0.2, 0) is 9.47 Å². The fourth-order valence-corrected chi connectivity index (χ4v) is 1.13. The van der Waals surface area contributed by atoms with Gasteiger partial charge in [0.25, 0.3) is 0 Å². The van der Waals surface area contributed by atoms with Gasteiger partial charge in [0.1, 0.15) is 0 Å². The first-order chi connectivity index (χ1) is 7.60. The lowest BCUT2D eigenvalue weighted by atomic mass is 10.2. The molecule has 0 fully saturated rings. The number of ether oxygens (including phenoxy) is 2. The van der Waals surface area contributed by atoms with E-state index in [1.54, 1.807) is 0 Å². The van der Waals surface area contributed by atoms with E-state index in [4.69, 9.17) is 0 Å². The van der Waals surface area contributed by atoms with Gasteiger partial charge < -0.3 is 19.7 Å². The Morgan fingerprint density at radius 3 is 1.69 bits per heavy atom. The molecule has 0 spiro atoms.